The Balaban J connectivity index is 2.38. The van der Waals surface area contributed by atoms with Crippen LogP contribution >= 0.6 is 0 Å². The van der Waals surface area contributed by atoms with Gasteiger partial charge in [0.05, 0.1) is 14.2 Å². The summed E-state index contributed by atoms with van der Waals surface area (Å²) in [6.07, 6.45) is -2.62. The van der Waals surface area contributed by atoms with Crippen LogP contribution in [0.1, 0.15) is 12.0 Å². The van der Waals surface area contributed by atoms with Crippen molar-refractivity contribution in [3.8, 4) is 11.5 Å². The number of benzene rings is 2. The molecule has 0 radical (unpaired) electrons. The number of anilines is 3. The number of ether oxygens (including phenoxy) is 2. The summed E-state index contributed by atoms with van der Waals surface area (Å²) in [7, 11) is 3.04. The molecule has 0 aliphatic rings. The minimum atomic E-state index is -2.62. The van der Waals surface area contributed by atoms with Gasteiger partial charge >= 0.3 is 0 Å². The molecule has 0 fully saturated rings. The molecule has 21 heavy (non-hydrogen) atoms. The molecule has 2 aromatic carbocycles. The summed E-state index contributed by atoms with van der Waals surface area (Å²) in [6.45, 7) is 0. The number of halogens is 2. The summed E-state index contributed by atoms with van der Waals surface area (Å²) in [4.78, 5) is 0. The second-order valence-electron chi connectivity index (χ2n) is 4.37. The van der Waals surface area contributed by atoms with Gasteiger partial charge < -0.3 is 20.5 Å². The molecule has 2 aromatic rings. The first-order valence-corrected chi connectivity index (χ1v) is 6.21. The van der Waals surface area contributed by atoms with Gasteiger partial charge in [0.25, 0.3) is 6.43 Å². The number of methoxy groups -OCH3 is 2. The molecule has 0 saturated heterocycles. The van der Waals surface area contributed by atoms with Crippen LogP contribution in [0.5, 0.6) is 11.5 Å². The Morgan fingerprint density at radius 3 is 2.14 bits per heavy atom. The van der Waals surface area contributed by atoms with Crippen LogP contribution in [0.3, 0.4) is 0 Å². The Bertz CT molecular complexity index is 611. The minimum Gasteiger partial charge on any atom is -0.497 e. The molecule has 0 atom stereocenters. The largest absolute Gasteiger partial charge is 0.497 e. The van der Waals surface area contributed by atoms with E-state index in [1.807, 2.05) is 0 Å². The number of nitrogens with one attached hydrogen (secondary N) is 1. The maximum absolute atomic E-state index is 13.1. The monoisotopic (exact) mass is 294 g/mol. The molecule has 0 aromatic heterocycles. The minimum absolute atomic E-state index is 0.156. The van der Waals surface area contributed by atoms with Crippen LogP contribution in [0.4, 0.5) is 25.8 Å². The van der Waals surface area contributed by atoms with Crippen molar-refractivity contribution < 1.29 is 18.3 Å². The van der Waals surface area contributed by atoms with Crippen LogP contribution in [0.25, 0.3) is 0 Å². The number of nitrogens with two attached hydrogens (primary N) is 1. The Morgan fingerprint density at radius 1 is 1.00 bits per heavy atom. The van der Waals surface area contributed by atoms with Crippen molar-refractivity contribution in [2.75, 3.05) is 25.3 Å². The average Bonchev–Trinajstić information content (AvgIpc) is 2.48. The standard InChI is InChI=1S/C15H16F2N2O2/c1-20-11-6-10(7-12(8-11)21-2)19-14-4-3-9(18)5-13(14)15(16)17/h3-8,15,19H,18H2,1-2H3. The topological polar surface area (TPSA) is 56.5 Å². The van der Waals surface area contributed by atoms with E-state index < -0.39 is 6.43 Å². The highest BCUT2D eigenvalue weighted by Crippen LogP contribution is 2.33. The lowest BCUT2D eigenvalue weighted by Crippen LogP contribution is -1.99. The molecule has 2 rings (SSSR count). The van der Waals surface area contributed by atoms with Gasteiger partial charge in [0.1, 0.15) is 11.5 Å². The van der Waals surface area contributed by atoms with Gasteiger partial charge in [0.2, 0.25) is 0 Å². The van der Waals surface area contributed by atoms with Gasteiger partial charge in [-0.3, -0.25) is 0 Å². The number of hydrogen-bond acceptors (Lipinski definition) is 4. The average molecular weight is 294 g/mol. The fourth-order valence-electron chi connectivity index (χ4n) is 1.91. The van der Waals surface area contributed by atoms with Crippen molar-refractivity contribution >= 4 is 17.1 Å². The lowest BCUT2D eigenvalue weighted by molar-refractivity contribution is 0.152. The maximum Gasteiger partial charge on any atom is 0.265 e. The predicted molar refractivity (Wildman–Crippen MR) is 78.6 cm³/mol. The first kappa shape index (κ1) is 14.9. The van der Waals surface area contributed by atoms with Gasteiger partial charge in [-0.25, -0.2) is 8.78 Å². The third kappa shape index (κ3) is 3.53. The van der Waals surface area contributed by atoms with Crippen LogP contribution in [0.15, 0.2) is 36.4 Å². The van der Waals surface area contributed by atoms with Crippen LogP contribution < -0.4 is 20.5 Å². The highest BCUT2D eigenvalue weighted by atomic mass is 19.3. The van der Waals surface area contributed by atoms with Crippen molar-refractivity contribution in [2.24, 2.45) is 0 Å². The van der Waals surface area contributed by atoms with Gasteiger partial charge in [0, 0.05) is 40.8 Å². The fourth-order valence-corrected chi connectivity index (χ4v) is 1.91. The molecule has 4 nitrogen and oxygen atoms in total. The number of rotatable bonds is 5. The maximum atomic E-state index is 13.1. The second kappa shape index (κ2) is 6.30. The molecule has 0 aliphatic carbocycles. The van der Waals surface area contributed by atoms with Crippen molar-refractivity contribution in [2.45, 2.75) is 6.43 Å². The van der Waals surface area contributed by atoms with E-state index in [1.165, 1.54) is 26.4 Å². The van der Waals surface area contributed by atoms with Crippen LogP contribution in [-0.2, 0) is 0 Å². The van der Waals surface area contributed by atoms with E-state index in [-0.39, 0.29) is 11.3 Å². The van der Waals surface area contributed by atoms with Gasteiger partial charge in [-0.05, 0) is 18.2 Å². The van der Waals surface area contributed by atoms with Crippen molar-refractivity contribution in [3.05, 3.63) is 42.0 Å². The van der Waals surface area contributed by atoms with E-state index in [0.29, 0.717) is 22.9 Å². The van der Waals surface area contributed by atoms with E-state index in [2.05, 4.69) is 5.32 Å². The summed E-state index contributed by atoms with van der Waals surface area (Å²) in [5.41, 5.74) is 6.55. The summed E-state index contributed by atoms with van der Waals surface area (Å²) in [5, 5.41) is 2.93. The molecule has 112 valence electrons. The van der Waals surface area contributed by atoms with Gasteiger partial charge in [0.15, 0.2) is 0 Å². The van der Waals surface area contributed by atoms with E-state index in [1.54, 1.807) is 24.3 Å². The quantitative estimate of drug-likeness (QED) is 0.819. The molecule has 6 heteroatoms. The Labute approximate surface area is 121 Å². The molecule has 0 amide bonds. The normalized spacial score (nSPS) is 10.5. The summed E-state index contributed by atoms with van der Waals surface area (Å²) >= 11 is 0. The molecule has 3 N–H and O–H groups in total. The van der Waals surface area contributed by atoms with Gasteiger partial charge in [-0.1, -0.05) is 0 Å². The van der Waals surface area contributed by atoms with Crippen molar-refractivity contribution in [3.63, 3.8) is 0 Å². The first-order chi connectivity index (χ1) is 10.0. The number of hydrogen-bond donors (Lipinski definition) is 2. The van der Waals surface area contributed by atoms with Crippen molar-refractivity contribution in [1.82, 2.24) is 0 Å². The molecule has 0 unspecified atom stereocenters. The Kier molecular flexibility index (Phi) is 4.47. The summed E-state index contributed by atoms with van der Waals surface area (Å²) in [6, 6.07) is 9.41. The van der Waals surface area contributed by atoms with Crippen LogP contribution in [-0.4, -0.2) is 14.2 Å². The lowest BCUT2D eigenvalue weighted by atomic mass is 10.1. The third-order valence-corrected chi connectivity index (χ3v) is 2.94. The molecular weight excluding hydrogens is 278 g/mol. The van der Waals surface area contributed by atoms with Crippen molar-refractivity contribution in [1.29, 1.82) is 0 Å². The molecule has 0 spiro atoms. The first-order valence-electron chi connectivity index (χ1n) is 6.21. The van der Waals surface area contributed by atoms with Gasteiger partial charge in [-0.2, -0.15) is 0 Å². The zero-order valence-corrected chi connectivity index (χ0v) is 11.7. The predicted octanol–water partition coefficient (Wildman–Crippen LogP) is 3.97. The Morgan fingerprint density at radius 2 is 1.62 bits per heavy atom. The summed E-state index contributed by atoms with van der Waals surface area (Å²) < 4.78 is 36.4. The Hall–Kier alpha value is -2.50. The smallest absolute Gasteiger partial charge is 0.265 e. The molecule has 0 aliphatic heterocycles. The zero-order valence-electron chi connectivity index (χ0n) is 11.7. The van der Waals surface area contributed by atoms with E-state index in [9.17, 15) is 8.78 Å². The van der Waals surface area contributed by atoms with Crippen LogP contribution in [0.2, 0.25) is 0 Å². The molecule has 0 heterocycles. The number of nitrogen functional groups attached to an aromatic ring is 1. The van der Waals surface area contributed by atoms with E-state index in [0.717, 1.165) is 0 Å². The number of alkyl halides is 2. The fraction of sp³-hybridized carbons (Fsp3) is 0.200. The summed E-state index contributed by atoms with van der Waals surface area (Å²) in [5.74, 6) is 1.12. The highest BCUT2D eigenvalue weighted by Gasteiger charge is 2.14. The van der Waals surface area contributed by atoms with Gasteiger partial charge in [-0.15, -0.1) is 0 Å². The molecule has 0 bridgehead atoms. The third-order valence-electron chi connectivity index (χ3n) is 2.94. The molecular formula is C15H16F2N2O2. The second-order valence-corrected chi connectivity index (χ2v) is 4.37. The van der Waals surface area contributed by atoms with E-state index >= 15 is 0 Å². The van der Waals surface area contributed by atoms with E-state index in [4.69, 9.17) is 15.2 Å². The SMILES string of the molecule is COc1cc(Nc2ccc(N)cc2C(F)F)cc(OC)c1. The zero-order chi connectivity index (χ0) is 15.4. The lowest BCUT2D eigenvalue weighted by Gasteiger charge is -2.14. The highest BCUT2D eigenvalue weighted by molar-refractivity contribution is 5.68. The molecule has 0 saturated carbocycles. The van der Waals surface area contributed by atoms with Crippen LogP contribution in [0, 0.1) is 0 Å².